The predicted octanol–water partition coefficient (Wildman–Crippen LogP) is 5.20. The van der Waals surface area contributed by atoms with Gasteiger partial charge >= 0.3 is 0 Å². The highest BCUT2D eigenvalue weighted by molar-refractivity contribution is 6.04. The Labute approximate surface area is 183 Å². The number of rotatable bonds is 7. The molecule has 5 nitrogen and oxygen atoms in total. The Hall–Kier alpha value is -3.60. The number of nitrogens with one attached hydrogen (secondary N) is 2. The maximum Gasteiger partial charge on any atom is 0.265 e. The van der Waals surface area contributed by atoms with E-state index >= 15 is 0 Å². The van der Waals surface area contributed by atoms with Crippen LogP contribution in [-0.4, -0.2) is 17.9 Å². The lowest BCUT2D eigenvalue weighted by Crippen LogP contribution is -2.32. The second-order valence-corrected chi connectivity index (χ2v) is 7.65. The lowest BCUT2D eigenvalue weighted by Gasteiger charge is -2.18. The SMILES string of the molecule is Cc1ccc(O[C@H](C)C(=O)Nc2ccccc2C(=O)N[C@@H](C)c2ccccc2)cc1C. The quantitative estimate of drug-likeness (QED) is 0.556. The Kier molecular flexibility index (Phi) is 7.08. The van der Waals surface area contributed by atoms with Crippen molar-refractivity contribution in [2.45, 2.75) is 39.8 Å². The van der Waals surface area contributed by atoms with Crippen LogP contribution in [0.5, 0.6) is 5.75 Å². The van der Waals surface area contributed by atoms with Crippen molar-refractivity contribution >= 4 is 17.5 Å². The molecule has 0 radical (unpaired) electrons. The highest BCUT2D eigenvalue weighted by Gasteiger charge is 2.19. The zero-order valence-electron chi connectivity index (χ0n) is 18.3. The first-order valence-electron chi connectivity index (χ1n) is 10.3. The molecule has 0 spiro atoms. The fourth-order valence-electron chi connectivity index (χ4n) is 3.17. The molecule has 0 aromatic heterocycles. The number of amides is 2. The van der Waals surface area contributed by atoms with E-state index in [1.165, 1.54) is 0 Å². The average molecular weight is 417 g/mol. The van der Waals surface area contributed by atoms with Gasteiger partial charge in [0.15, 0.2) is 6.10 Å². The monoisotopic (exact) mass is 416 g/mol. The van der Waals surface area contributed by atoms with Gasteiger partial charge in [-0.1, -0.05) is 48.5 Å². The van der Waals surface area contributed by atoms with E-state index in [4.69, 9.17) is 4.74 Å². The van der Waals surface area contributed by atoms with Crippen LogP contribution in [-0.2, 0) is 4.79 Å². The Morgan fingerprint density at radius 3 is 2.23 bits per heavy atom. The van der Waals surface area contributed by atoms with E-state index in [1.54, 1.807) is 31.2 Å². The Balaban J connectivity index is 1.68. The van der Waals surface area contributed by atoms with Gasteiger partial charge < -0.3 is 15.4 Å². The van der Waals surface area contributed by atoms with Crippen LogP contribution in [0.4, 0.5) is 5.69 Å². The van der Waals surface area contributed by atoms with Crippen LogP contribution in [0.3, 0.4) is 0 Å². The number of ether oxygens (including phenoxy) is 1. The second-order valence-electron chi connectivity index (χ2n) is 7.65. The molecule has 2 atom stereocenters. The number of carbonyl (C=O) groups is 2. The molecule has 0 unspecified atom stereocenters. The van der Waals surface area contributed by atoms with Gasteiger partial charge in [0.2, 0.25) is 0 Å². The molecule has 0 aliphatic rings. The first kappa shape index (κ1) is 22.1. The summed E-state index contributed by atoms with van der Waals surface area (Å²) in [4.78, 5) is 25.6. The molecular weight excluding hydrogens is 388 g/mol. The van der Waals surface area contributed by atoms with Crippen LogP contribution in [0.2, 0.25) is 0 Å². The van der Waals surface area contributed by atoms with Gasteiger partial charge in [0.05, 0.1) is 17.3 Å². The van der Waals surface area contributed by atoms with E-state index in [1.807, 2.05) is 69.3 Å². The van der Waals surface area contributed by atoms with Crippen LogP contribution in [0.15, 0.2) is 72.8 Å². The summed E-state index contributed by atoms with van der Waals surface area (Å²) in [5.41, 5.74) is 4.11. The molecule has 0 bridgehead atoms. The smallest absolute Gasteiger partial charge is 0.265 e. The molecule has 0 fully saturated rings. The van der Waals surface area contributed by atoms with Crippen molar-refractivity contribution in [1.82, 2.24) is 5.32 Å². The molecule has 0 aliphatic heterocycles. The Morgan fingerprint density at radius 2 is 1.52 bits per heavy atom. The van der Waals surface area contributed by atoms with Crippen LogP contribution < -0.4 is 15.4 Å². The van der Waals surface area contributed by atoms with Crippen molar-refractivity contribution in [2.75, 3.05) is 5.32 Å². The van der Waals surface area contributed by atoms with Gasteiger partial charge in [-0.15, -0.1) is 0 Å². The number of benzene rings is 3. The molecule has 3 aromatic carbocycles. The normalized spacial score (nSPS) is 12.5. The molecule has 31 heavy (non-hydrogen) atoms. The minimum absolute atomic E-state index is 0.163. The molecule has 0 saturated carbocycles. The average Bonchev–Trinajstić information content (AvgIpc) is 2.77. The molecule has 160 valence electrons. The summed E-state index contributed by atoms with van der Waals surface area (Å²) in [6.45, 7) is 7.63. The Bertz CT molecular complexity index is 1060. The molecule has 3 rings (SSSR count). The minimum Gasteiger partial charge on any atom is -0.481 e. The second kappa shape index (κ2) is 9.94. The van der Waals surface area contributed by atoms with Crippen molar-refractivity contribution in [2.24, 2.45) is 0 Å². The van der Waals surface area contributed by atoms with Crippen molar-refractivity contribution in [1.29, 1.82) is 0 Å². The molecule has 5 heteroatoms. The molecule has 3 aromatic rings. The van der Waals surface area contributed by atoms with Gasteiger partial charge in [-0.3, -0.25) is 9.59 Å². The third-order valence-corrected chi connectivity index (χ3v) is 5.24. The van der Waals surface area contributed by atoms with Crippen molar-refractivity contribution in [3.63, 3.8) is 0 Å². The summed E-state index contributed by atoms with van der Waals surface area (Å²) in [7, 11) is 0. The van der Waals surface area contributed by atoms with E-state index in [0.29, 0.717) is 17.0 Å². The molecular formula is C26H28N2O3. The van der Waals surface area contributed by atoms with Gasteiger partial charge in [0.25, 0.3) is 11.8 Å². The van der Waals surface area contributed by atoms with Crippen molar-refractivity contribution in [3.05, 3.63) is 95.1 Å². The van der Waals surface area contributed by atoms with E-state index in [2.05, 4.69) is 10.6 Å². The molecule has 0 heterocycles. The highest BCUT2D eigenvalue weighted by Crippen LogP contribution is 2.20. The highest BCUT2D eigenvalue weighted by atomic mass is 16.5. The van der Waals surface area contributed by atoms with Crippen LogP contribution >= 0.6 is 0 Å². The number of anilines is 1. The number of para-hydroxylation sites is 1. The lowest BCUT2D eigenvalue weighted by molar-refractivity contribution is -0.122. The Morgan fingerprint density at radius 1 is 0.839 bits per heavy atom. The third-order valence-electron chi connectivity index (χ3n) is 5.24. The fourth-order valence-corrected chi connectivity index (χ4v) is 3.17. The predicted molar refractivity (Wildman–Crippen MR) is 123 cm³/mol. The van der Waals surface area contributed by atoms with Crippen LogP contribution in [0.25, 0.3) is 0 Å². The van der Waals surface area contributed by atoms with E-state index in [-0.39, 0.29) is 17.9 Å². The van der Waals surface area contributed by atoms with Gasteiger partial charge in [-0.05, 0) is 68.7 Å². The van der Waals surface area contributed by atoms with Crippen LogP contribution in [0, 0.1) is 13.8 Å². The number of hydrogen-bond acceptors (Lipinski definition) is 3. The summed E-state index contributed by atoms with van der Waals surface area (Å²) < 4.78 is 5.79. The van der Waals surface area contributed by atoms with Gasteiger partial charge in [0.1, 0.15) is 5.75 Å². The van der Waals surface area contributed by atoms with Gasteiger partial charge in [0, 0.05) is 0 Å². The first-order valence-corrected chi connectivity index (χ1v) is 10.3. The van der Waals surface area contributed by atoms with Crippen molar-refractivity contribution in [3.8, 4) is 5.75 Å². The maximum atomic E-state index is 12.9. The molecule has 0 aliphatic carbocycles. The number of aryl methyl sites for hydroxylation is 2. The van der Waals surface area contributed by atoms with E-state index < -0.39 is 6.10 Å². The summed E-state index contributed by atoms with van der Waals surface area (Å²) in [6.07, 6.45) is -0.721. The molecule has 2 amide bonds. The lowest BCUT2D eigenvalue weighted by atomic mass is 10.1. The zero-order chi connectivity index (χ0) is 22.4. The topological polar surface area (TPSA) is 67.4 Å². The van der Waals surface area contributed by atoms with E-state index in [0.717, 1.165) is 16.7 Å². The van der Waals surface area contributed by atoms with Crippen molar-refractivity contribution < 1.29 is 14.3 Å². The van der Waals surface area contributed by atoms with Gasteiger partial charge in [-0.2, -0.15) is 0 Å². The zero-order valence-corrected chi connectivity index (χ0v) is 18.3. The number of carbonyl (C=O) groups excluding carboxylic acids is 2. The third kappa shape index (κ3) is 5.72. The fraction of sp³-hybridized carbons (Fsp3) is 0.231. The summed E-state index contributed by atoms with van der Waals surface area (Å²) in [6, 6.07) is 22.2. The molecule has 0 saturated heterocycles. The van der Waals surface area contributed by atoms with Gasteiger partial charge in [-0.25, -0.2) is 0 Å². The van der Waals surface area contributed by atoms with E-state index in [9.17, 15) is 9.59 Å². The minimum atomic E-state index is -0.721. The summed E-state index contributed by atoms with van der Waals surface area (Å²) in [5.74, 6) is 0.0537. The summed E-state index contributed by atoms with van der Waals surface area (Å²) >= 11 is 0. The number of hydrogen-bond donors (Lipinski definition) is 2. The first-order chi connectivity index (χ1) is 14.8. The molecule has 2 N–H and O–H groups in total. The maximum absolute atomic E-state index is 12.9. The van der Waals surface area contributed by atoms with Crippen LogP contribution in [0.1, 0.15) is 46.9 Å². The summed E-state index contributed by atoms with van der Waals surface area (Å²) in [5, 5.41) is 5.81. The standard InChI is InChI=1S/C26H28N2O3/c1-17-14-15-22(16-18(17)2)31-20(4)25(29)28-24-13-9-8-12-23(24)26(30)27-19(3)21-10-6-5-7-11-21/h5-16,19-20H,1-4H3,(H,27,30)(H,28,29)/t19-,20+/m0/s1. The largest absolute Gasteiger partial charge is 0.481 e.